The zero-order valence-corrected chi connectivity index (χ0v) is 9.24. The second-order valence-corrected chi connectivity index (χ2v) is 3.40. The summed E-state index contributed by atoms with van der Waals surface area (Å²) in [5, 5.41) is 0. The minimum atomic E-state index is -0.373. The van der Waals surface area contributed by atoms with Crippen LogP contribution in [0.15, 0.2) is 0 Å². The molecule has 0 saturated carbocycles. The number of ether oxygens (including phenoxy) is 1. The number of carbonyl (C=O) groups is 2. The predicted molar refractivity (Wildman–Crippen MR) is 53.0 cm³/mol. The van der Waals surface area contributed by atoms with E-state index < -0.39 is 0 Å². The summed E-state index contributed by atoms with van der Waals surface area (Å²) < 4.78 is 4.85. The number of hydrogen-bond acceptors (Lipinski definition) is 3. The van der Waals surface area contributed by atoms with Crippen molar-refractivity contribution < 1.29 is 14.3 Å². The van der Waals surface area contributed by atoms with Gasteiger partial charge in [0.1, 0.15) is 0 Å². The Morgan fingerprint density at radius 1 is 1.07 bits per heavy atom. The minimum absolute atomic E-state index is 0.0471. The van der Waals surface area contributed by atoms with E-state index in [0.29, 0.717) is 12.8 Å². The van der Waals surface area contributed by atoms with Gasteiger partial charge >= 0.3 is 6.09 Å². The van der Waals surface area contributed by atoms with Crippen molar-refractivity contribution in [3.63, 3.8) is 0 Å². The monoisotopic (exact) mass is 202 g/mol. The van der Waals surface area contributed by atoms with Gasteiger partial charge in [-0.25, -0.2) is 4.79 Å². The van der Waals surface area contributed by atoms with Gasteiger partial charge in [-0.15, -0.1) is 0 Å². The third kappa shape index (κ3) is 5.40. The lowest BCUT2D eigenvalue weighted by Crippen LogP contribution is -2.24. The van der Waals surface area contributed by atoms with E-state index in [1.54, 1.807) is 28.2 Å². The second kappa shape index (κ2) is 6.23. The van der Waals surface area contributed by atoms with Crippen LogP contribution >= 0.6 is 0 Å². The molecule has 0 bridgehead atoms. The first-order valence-electron chi connectivity index (χ1n) is 4.49. The average molecular weight is 202 g/mol. The molecule has 14 heavy (non-hydrogen) atoms. The molecule has 82 valence electrons. The summed E-state index contributed by atoms with van der Waals surface area (Å²) in [6, 6.07) is 0. The topological polar surface area (TPSA) is 49.9 Å². The van der Waals surface area contributed by atoms with Gasteiger partial charge < -0.3 is 14.5 Å². The third-order valence-corrected chi connectivity index (χ3v) is 1.62. The van der Waals surface area contributed by atoms with Crippen LogP contribution in [0.4, 0.5) is 4.79 Å². The van der Waals surface area contributed by atoms with Gasteiger partial charge in [0.05, 0.1) is 6.61 Å². The van der Waals surface area contributed by atoms with E-state index in [9.17, 15) is 9.59 Å². The first kappa shape index (κ1) is 12.7. The molecule has 0 saturated heterocycles. The van der Waals surface area contributed by atoms with Gasteiger partial charge in [0.15, 0.2) is 0 Å². The molecule has 0 aliphatic carbocycles. The van der Waals surface area contributed by atoms with Crippen molar-refractivity contribution in [2.45, 2.75) is 12.8 Å². The molecule has 0 aromatic carbocycles. The minimum Gasteiger partial charge on any atom is -0.449 e. The highest BCUT2D eigenvalue weighted by Gasteiger charge is 2.06. The van der Waals surface area contributed by atoms with Crippen molar-refractivity contribution in [1.29, 1.82) is 0 Å². The Balaban J connectivity index is 3.48. The Labute approximate surface area is 84.6 Å². The molecule has 0 aromatic heterocycles. The SMILES string of the molecule is CN(C)C(=O)CCCOC(=O)N(C)C. The Bertz CT molecular complexity index is 180. The molecule has 0 aromatic rings. The fraction of sp³-hybridized carbons (Fsp3) is 0.778. The Kier molecular flexibility index (Phi) is 5.67. The fourth-order valence-electron chi connectivity index (χ4n) is 0.736. The van der Waals surface area contributed by atoms with Crippen LogP contribution in [-0.4, -0.2) is 56.6 Å². The number of hydrogen-bond donors (Lipinski definition) is 0. The lowest BCUT2D eigenvalue weighted by Gasteiger charge is -2.12. The molecule has 0 spiro atoms. The quantitative estimate of drug-likeness (QED) is 0.626. The van der Waals surface area contributed by atoms with Crippen LogP contribution < -0.4 is 0 Å². The summed E-state index contributed by atoms with van der Waals surface area (Å²) >= 11 is 0. The van der Waals surface area contributed by atoms with Crippen molar-refractivity contribution in [2.75, 3.05) is 34.8 Å². The van der Waals surface area contributed by atoms with Crippen LogP contribution in [0.2, 0.25) is 0 Å². The van der Waals surface area contributed by atoms with Crippen LogP contribution in [0.3, 0.4) is 0 Å². The highest BCUT2D eigenvalue weighted by molar-refractivity contribution is 5.75. The van der Waals surface area contributed by atoms with Gasteiger partial charge in [0.25, 0.3) is 0 Å². The van der Waals surface area contributed by atoms with Crippen molar-refractivity contribution in [2.24, 2.45) is 0 Å². The van der Waals surface area contributed by atoms with Crippen LogP contribution in [0, 0.1) is 0 Å². The van der Waals surface area contributed by atoms with E-state index in [1.807, 2.05) is 0 Å². The van der Waals surface area contributed by atoms with Gasteiger partial charge in [-0.1, -0.05) is 0 Å². The molecular weight excluding hydrogens is 184 g/mol. The molecule has 0 aliphatic heterocycles. The lowest BCUT2D eigenvalue weighted by molar-refractivity contribution is -0.128. The molecule has 0 heterocycles. The van der Waals surface area contributed by atoms with E-state index >= 15 is 0 Å². The molecule has 5 nitrogen and oxygen atoms in total. The zero-order chi connectivity index (χ0) is 11.1. The molecule has 0 N–H and O–H groups in total. The summed E-state index contributed by atoms with van der Waals surface area (Å²) in [6.45, 7) is 0.288. The molecule has 2 amide bonds. The van der Waals surface area contributed by atoms with E-state index in [1.165, 1.54) is 9.80 Å². The molecule has 0 unspecified atom stereocenters. The number of amides is 2. The average Bonchev–Trinajstić information content (AvgIpc) is 2.11. The van der Waals surface area contributed by atoms with Crippen molar-refractivity contribution in [1.82, 2.24) is 9.80 Å². The predicted octanol–water partition coefficient (Wildman–Crippen LogP) is 0.553. The smallest absolute Gasteiger partial charge is 0.409 e. The molecule has 5 heteroatoms. The Hall–Kier alpha value is -1.26. The summed E-state index contributed by atoms with van der Waals surface area (Å²) in [5.74, 6) is 0.0471. The molecule has 0 aliphatic rings. The maximum Gasteiger partial charge on any atom is 0.409 e. The first-order valence-corrected chi connectivity index (χ1v) is 4.49. The van der Waals surface area contributed by atoms with E-state index in [-0.39, 0.29) is 18.6 Å². The van der Waals surface area contributed by atoms with E-state index in [2.05, 4.69) is 0 Å². The van der Waals surface area contributed by atoms with Gasteiger partial charge in [0.2, 0.25) is 5.91 Å². The van der Waals surface area contributed by atoms with Crippen LogP contribution in [0.1, 0.15) is 12.8 Å². The maximum absolute atomic E-state index is 11.1. The molecule has 0 fully saturated rings. The third-order valence-electron chi connectivity index (χ3n) is 1.62. The van der Waals surface area contributed by atoms with Crippen LogP contribution in [0.25, 0.3) is 0 Å². The molecule has 0 radical (unpaired) electrons. The van der Waals surface area contributed by atoms with E-state index in [0.717, 1.165) is 0 Å². The summed E-state index contributed by atoms with van der Waals surface area (Å²) in [4.78, 5) is 24.9. The zero-order valence-electron chi connectivity index (χ0n) is 9.24. The van der Waals surface area contributed by atoms with E-state index in [4.69, 9.17) is 4.74 Å². The van der Waals surface area contributed by atoms with Crippen molar-refractivity contribution in [3.8, 4) is 0 Å². The summed E-state index contributed by atoms with van der Waals surface area (Å²) in [5.41, 5.74) is 0. The van der Waals surface area contributed by atoms with Crippen LogP contribution in [-0.2, 0) is 9.53 Å². The standard InChI is InChI=1S/C9H18N2O3/c1-10(2)8(12)6-5-7-14-9(13)11(3)4/h5-7H2,1-4H3. The highest BCUT2D eigenvalue weighted by Crippen LogP contribution is 1.95. The van der Waals surface area contributed by atoms with Gasteiger partial charge in [-0.2, -0.15) is 0 Å². The second-order valence-electron chi connectivity index (χ2n) is 3.40. The number of nitrogens with zero attached hydrogens (tertiary/aromatic N) is 2. The normalized spacial score (nSPS) is 9.43. The largest absolute Gasteiger partial charge is 0.449 e. The van der Waals surface area contributed by atoms with Gasteiger partial charge in [-0.05, 0) is 6.42 Å². The molecular formula is C9H18N2O3. The highest BCUT2D eigenvalue weighted by atomic mass is 16.6. The summed E-state index contributed by atoms with van der Waals surface area (Å²) in [7, 11) is 6.64. The first-order chi connectivity index (χ1) is 6.45. The number of rotatable bonds is 4. The van der Waals surface area contributed by atoms with Crippen molar-refractivity contribution in [3.05, 3.63) is 0 Å². The van der Waals surface area contributed by atoms with Gasteiger partial charge in [-0.3, -0.25) is 4.79 Å². The van der Waals surface area contributed by atoms with Gasteiger partial charge in [0, 0.05) is 34.6 Å². The Morgan fingerprint density at radius 3 is 2.07 bits per heavy atom. The maximum atomic E-state index is 11.1. The van der Waals surface area contributed by atoms with Crippen LogP contribution in [0.5, 0.6) is 0 Å². The fourth-order valence-corrected chi connectivity index (χ4v) is 0.736. The molecule has 0 rings (SSSR count). The lowest BCUT2D eigenvalue weighted by atomic mass is 10.3. The molecule has 0 atom stereocenters. The number of carbonyl (C=O) groups excluding carboxylic acids is 2. The summed E-state index contributed by atoms with van der Waals surface area (Å²) in [6.07, 6.45) is 0.604. The van der Waals surface area contributed by atoms with Crippen molar-refractivity contribution >= 4 is 12.0 Å². The Morgan fingerprint density at radius 2 is 1.64 bits per heavy atom.